The average Bonchev–Trinajstić information content (AvgIpc) is 2.69. The maximum absolute atomic E-state index is 11.2. The lowest BCUT2D eigenvalue weighted by Gasteiger charge is -2.12. The molecule has 0 aliphatic rings. The lowest BCUT2D eigenvalue weighted by Crippen LogP contribution is -2.37. The quantitative estimate of drug-likeness (QED) is 0.677. The average molecular weight is 244 g/mol. The highest BCUT2D eigenvalue weighted by atomic mass is 32.1. The van der Waals surface area contributed by atoms with Gasteiger partial charge in [-0.2, -0.15) is 11.3 Å². The molecule has 1 aromatic heterocycles. The van der Waals surface area contributed by atoms with Crippen LogP contribution in [0.4, 0.5) is 4.79 Å². The van der Waals surface area contributed by atoms with Gasteiger partial charge in [0.1, 0.15) is 0 Å². The van der Waals surface area contributed by atoms with E-state index in [0.717, 1.165) is 5.56 Å². The molecule has 1 heterocycles. The van der Waals surface area contributed by atoms with Crippen LogP contribution in [0.3, 0.4) is 0 Å². The molecular formula is C9H12N2O4S. The second kappa shape index (κ2) is 6.09. The summed E-state index contributed by atoms with van der Waals surface area (Å²) in [5.41, 5.74) is 2.96. The van der Waals surface area contributed by atoms with Crippen LogP contribution in [-0.2, 0) is 9.63 Å². The third-order valence-electron chi connectivity index (χ3n) is 1.75. The van der Waals surface area contributed by atoms with Crippen molar-refractivity contribution in [2.24, 2.45) is 0 Å². The minimum absolute atomic E-state index is 0.153. The number of urea groups is 1. The second-order valence-electron chi connectivity index (χ2n) is 3.04. The minimum Gasteiger partial charge on any atom is -0.479 e. The van der Waals surface area contributed by atoms with E-state index in [2.05, 4.69) is 10.2 Å². The molecule has 0 fully saturated rings. The maximum Gasteiger partial charge on any atom is 0.339 e. The Morgan fingerprint density at radius 2 is 2.38 bits per heavy atom. The molecule has 0 aromatic carbocycles. The highest BCUT2D eigenvalue weighted by molar-refractivity contribution is 7.07. The molecule has 2 amide bonds. The van der Waals surface area contributed by atoms with Gasteiger partial charge in [0, 0.05) is 0 Å². The van der Waals surface area contributed by atoms with E-state index in [9.17, 15) is 9.59 Å². The van der Waals surface area contributed by atoms with Crippen molar-refractivity contribution in [3.63, 3.8) is 0 Å². The Morgan fingerprint density at radius 1 is 1.62 bits per heavy atom. The van der Waals surface area contributed by atoms with Gasteiger partial charge in [0.2, 0.25) is 0 Å². The van der Waals surface area contributed by atoms with Crippen molar-refractivity contribution >= 4 is 23.3 Å². The smallest absolute Gasteiger partial charge is 0.339 e. The van der Waals surface area contributed by atoms with Crippen LogP contribution in [-0.4, -0.2) is 23.7 Å². The third kappa shape index (κ3) is 4.28. The summed E-state index contributed by atoms with van der Waals surface area (Å²) in [6.07, 6.45) is 0. The summed E-state index contributed by atoms with van der Waals surface area (Å²) in [6.45, 7) is 1.25. The van der Waals surface area contributed by atoms with Crippen molar-refractivity contribution in [1.82, 2.24) is 10.8 Å². The van der Waals surface area contributed by atoms with Crippen molar-refractivity contribution in [2.45, 2.75) is 13.0 Å². The molecule has 1 unspecified atom stereocenters. The first-order chi connectivity index (χ1) is 7.59. The monoisotopic (exact) mass is 244 g/mol. The second-order valence-corrected chi connectivity index (χ2v) is 3.82. The molecular weight excluding hydrogens is 232 g/mol. The standard InChI is InChI=1S/C9H12N2O4S/c1-6(7-2-3-16-5-7)10-9(14)11-15-4-8(12)13/h2-3,5-6H,4H2,1H3,(H,12,13)(H2,10,11,14). The van der Waals surface area contributed by atoms with Crippen molar-refractivity contribution < 1.29 is 19.5 Å². The Bertz CT molecular complexity index is 352. The number of carboxylic acid groups (broad SMARTS) is 1. The van der Waals surface area contributed by atoms with E-state index in [1.54, 1.807) is 0 Å². The molecule has 7 heteroatoms. The zero-order valence-corrected chi connectivity index (χ0v) is 9.41. The SMILES string of the molecule is CC(NC(=O)NOCC(=O)O)c1ccsc1. The van der Waals surface area contributed by atoms with Crippen LogP contribution >= 0.6 is 11.3 Å². The fourth-order valence-electron chi connectivity index (χ4n) is 0.994. The molecule has 1 atom stereocenters. The number of carboxylic acids is 1. The van der Waals surface area contributed by atoms with Gasteiger partial charge in [0.05, 0.1) is 6.04 Å². The van der Waals surface area contributed by atoms with Gasteiger partial charge < -0.3 is 10.4 Å². The van der Waals surface area contributed by atoms with Gasteiger partial charge in [-0.1, -0.05) is 0 Å². The fourth-order valence-corrected chi connectivity index (χ4v) is 1.75. The zero-order valence-electron chi connectivity index (χ0n) is 8.60. The number of aliphatic carboxylic acids is 1. The molecule has 88 valence electrons. The molecule has 0 saturated carbocycles. The molecule has 0 bridgehead atoms. The van der Waals surface area contributed by atoms with E-state index in [4.69, 9.17) is 5.11 Å². The highest BCUT2D eigenvalue weighted by Gasteiger charge is 2.09. The Balaban J connectivity index is 2.26. The van der Waals surface area contributed by atoms with Crippen LogP contribution in [0.15, 0.2) is 16.8 Å². The Kier molecular flexibility index (Phi) is 4.74. The van der Waals surface area contributed by atoms with Gasteiger partial charge in [0.15, 0.2) is 6.61 Å². The van der Waals surface area contributed by atoms with Crippen LogP contribution in [0, 0.1) is 0 Å². The summed E-state index contributed by atoms with van der Waals surface area (Å²) in [7, 11) is 0. The number of thiophene rings is 1. The van der Waals surface area contributed by atoms with Gasteiger partial charge in [-0.05, 0) is 29.3 Å². The maximum atomic E-state index is 11.2. The number of rotatable bonds is 5. The van der Waals surface area contributed by atoms with Crippen molar-refractivity contribution in [2.75, 3.05) is 6.61 Å². The predicted octanol–water partition coefficient (Wildman–Crippen LogP) is 1.12. The Labute approximate surface area is 96.2 Å². The lowest BCUT2D eigenvalue weighted by atomic mass is 10.2. The number of hydrogen-bond acceptors (Lipinski definition) is 4. The topological polar surface area (TPSA) is 87.7 Å². The highest BCUT2D eigenvalue weighted by Crippen LogP contribution is 2.14. The number of hydroxylamine groups is 1. The third-order valence-corrected chi connectivity index (χ3v) is 2.45. The molecule has 0 radical (unpaired) electrons. The van der Waals surface area contributed by atoms with Crippen LogP contribution in [0.2, 0.25) is 0 Å². The number of carbonyl (C=O) groups excluding carboxylic acids is 1. The van der Waals surface area contributed by atoms with E-state index in [-0.39, 0.29) is 6.04 Å². The summed E-state index contributed by atoms with van der Waals surface area (Å²) in [5, 5.41) is 14.7. The lowest BCUT2D eigenvalue weighted by molar-refractivity contribution is -0.144. The van der Waals surface area contributed by atoms with Crippen molar-refractivity contribution in [3.8, 4) is 0 Å². The molecule has 1 aromatic rings. The summed E-state index contributed by atoms with van der Waals surface area (Å²) in [6, 6.07) is 1.17. The fraction of sp³-hybridized carbons (Fsp3) is 0.333. The van der Waals surface area contributed by atoms with Crippen LogP contribution in [0.5, 0.6) is 0 Å². The first-order valence-electron chi connectivity index (χ1n) is 4.51. The molecule has 0 aliphatic heterocycles. The van der Waals surface area contributed by atoms with Gasteiger partial charge in [-0.15, -0.1) is 0 Å². The molecule has 0 aliphatic carbocycles. The van der Waals surface area contributed by atoms with Crippen LogP contribution in [0.25, 0.3) is 0 Å². The Hall–Kier alpha value is -1.60. The van der Waals surface area contributed by atoms with Crippen LogP contribution in [0.1, 0.15) is 18.5 Å². The molecule has 0 saturated heterocycles. The first kappa shape index (κ1) is 12.5. The molecule has 3 N–H and O–H groups in total. The van der Waals surface area contributed by atoms with E-state index in [0.29, 0.717) is 0 Å². The van der Waals surface area contributed by atoms with Gasteiger partial charge in [0.25, 0.3) is 0 Å². The first-order valence-corrected chi connectivity index (χ1v) is 5.46. The number of nitrogens with one attached hydrogen (secondary N) is 2. The normalized spacial score (nSPS) is 11.8. The van der Waals surface area contributed by atoms with Crippen LogP contribution < -0.4 is 10.8 Å². The summed E-state index contributed by atoms with van der Waals surface area (Å²) in [5.74, 6) is -1.15. The summed E-state index contributed by atoms with van der Waals surface area (Å²) < 4.78 is 0. The van der Waals surface area contributed by atoms with Crippen molar-refractivity contribution in [1.29, 1.82) is 0 Å². The minimum atomic E-state index is -1.15. The number of carbonyl (C=O) groups is 2. The van der Waals surface area contributed by atoms with Crippen molar-refractivity contribution in [3.05, 3.63) is 22.4 Å². The molecule has 0 spiro atoms. The predicted molar refractivity (Wildman–Crippen MR) is 58.0 cm³/mol. The number of amides is 2. The Morgan fingerprint density at radius 3 is 2.94 bits per heavy atom. The van der Waals surface area contributed by atoms with Gasteiger partial charge in [-0.3, -0.25) is 4.84 Å². The molecule has 6 nitrogen and oxygen atoms in total. The zero-order chi connectivity index (χ0) is 12.0. The van der Waals surface area contributed by atoms with E-state index < -0.39 is 18.6 Å². The largest absolute Gasteiger partial charge is 0.479 e. The van der Waals surface area contributed by atoms with E-state index in [1.165, 1.54) is 11.3 Å². The summed E-state index contributed by atoms with van der Waals surface area (Å²) >= 11 is 1.54. The molecule has 1 rings (SSSR count). The molecule has 16 heavy (non-hydrogen) atoms. The van der Waals surface area contributed by atoms with E-state index >= 15 is 0 Å². The van der Waals surface area contributed by atoms with E-state index in [1.807, 2.05) is 29.2 Å². The summed E-state index contributed by atoms with van der Waals surface area (Å²) in [4.78, 5) is 25.7. The van der Waals surface area contributed by atoms with Gasteiger partial charge in [-0.25, -0.2) is 15.1 Å². The van der Waals surface area contributed by atoms with Gasteiger partial charge >= 0.3 is 12.0 Å². The number of hydrogen-bond donors (Lipinski definition) is 3.